The van der Waals surface area contributed by atoms with Gasteiger partial charge in [-0.1, -0.05) is 6.07 Å². The average molecular weight is 453 g/mol. The third-order valence-corrected chi connectivity index (χ3v) is 6.50. The van der Waals surface area contributed by atoms with Gasteiger partial charge < -0.3 is 24.5 Å². The fourth-order valence-corrected chi connectivity index (χ4v) is 4.63. The van der Waals surface area contributed by atoms with Crippen molar-refractivity contribution in [1.82, 2.24) is 14.3 Å². The molecule has 33 heavy (non-hydrogen) atoms. The van der Waals surface area contributed by atoms with Crippen molar-refractivity contribution in [2.75, 3.05) is 19.5 Å². The first-order valence-electron chi connectivity index (χ1n) is 11.3. The molecule has 8 heteroatoms. The Hall–Kier alpha value is -3.26. The molecule has 0 bridgehead atoms. The summed E-state index contributed by atoms with van der Waals surface area (Å²) < 4.78 is 14.2. The van der Waals surface area contributed by atoms with Crippen LogP contribution in [0.2, 0.25) is 0 Å². The number of ether oxygens (including phenoxy) is 2. The smallest absolute Gasteiger partial charge is 0.273 e. The number of methoxy groups -OCH3 is 2. The van der Waals surface area contributed by atoms with E-state index >= 15 is 0 Å². The van der Waals surface area contributed by atoms with E-state index in [4.69, 9.17) is 9.47 Å². The van der Waals surface area contributed by atoms with E-state index in [0.717, 1.165) is 29.5 Å². The molecule has 3 aromatic rings. The minimum absolute atomic E-state index is 0.0839. The van der Waals surface area contributed by atoms with E-state index in [1.807, 2.05) is 50.6 Å². The van der Waals surface area contributed by atoms with Gasteiger partial charge in [-0.05, 0) is 55.9 Å². The zero-order chi connectivity index (χ0) is 23.5. The molecule has 1 aliphatic rings. The van der Waals surface area contributed by atoms with Gasteiger partial charge in [0.25, 0.3) is 5.56 Å². The first-order valence-corrected chi connectivity index (χ1v) is 11.3. The first kappa shape index (κ1) is 22.9. The van der Waals surface area contributed by atoms with E-state index in [9.17, 15) is 9.90 Å². The summed E-state index contributed by atoms with van der Waals surface area (Å²) in [6, 6.07) is 7.59. The number of aromatic nitrogens is 3. The van der Waals surface area contributed by atoms with Gasteiger partial charge >= 0.3 is 0 Å². The summed E-state index contributed by atoms with van der Waals surface area (Å²) in [6.07, 6.45) is 7.25. The highest BCUT2D eigenvalue weighted by Crippen LogP contribution is 2.38. The monoisotopic (exact) mass is 452 g/mol. The van der Waals surface area contributed by atoms with E-state index in [-0.39, 0.29) is 17.5 Å². The first-order chi connectivity index (χ1) is 15.9. The number of anilines is 1. The van der Waals surface area contributed by atoms with Crippen LogP contribution < -0.4 is 20.3 Å². The Balaban J connectivity index is 1.52. The van der Waals surface area contributed by atoms with Crippen molar-refractivity contribution < 1.29 is 14.6 Å². The van der Waals surface area contributed by atoms with Crippen molar-refractivity contribution in [3.63, 3.8) is 0 Å². The van der Waals surface area contributed by atoms with Gasteiger partial charge in [-0.2, -0.15) is 5.10 Å². The van der Waals surface area contributed by atoms with Crippen LogP contribution in [0, 0.1) is 0 Å². The maximum Gasteiger partial charge on any atom is 0.273 e. The van der Waals surface area contributed by atoms with Crippen LogP contribution in [-0.2, 0) is 13.6 Å². The van der Waals surface area contributed by atoms with Crippen molar-refractivity contribution in [3.05, 3.63) is 58.8 Å². The van der Waals surface area contributed by atoms with Crippen molar-refractivity contribution in [1.29, 1.82) is 0 Å². The average Bonchev–Trinajstić information content (AvgIpc) is 3.27. The van der Waals surface area contributed by atoms with Gasteiger partial charge in [0.2, 0.25) is 0 Å². The molecule has 0 aliphatic heterocycles. The second kappa shape index (κ2) is 9.70. The molecule has 2 heterocycles. The third kappa shape index (κ3) is 4.75. The molecule has 8 nitrogen and oxygen atoms in total. The van der Waals surface area contributed by atoms with Gasteiger partial charge in [0.15, 0.2) is 11.5 Å². The van der Waals surface area contributed by atoms with Crippen LogP contribution in [0.3, 0.4) is 0 Å². The molecule has 1 aromatic carbocycles. The van der Waals surface area contributed by atoms with Crippen LogP contribution in [0.4, 0.5) is 5.69 Å². The lowest BCUT2D eigenvalue weighted by molar-refractivity contribution is 0.106. The van der Waals surface area contributed by atoms with Crippen LogP contribution in [-0.4, -0.2) is 45.8 Å². The largest absolute Gasteiger partial charge is 0.493 e. The molecule has 0 radical (unpaired) electrons. The highest BCUT2D eigenvalue weighted by Gasteiger charge is 2.31. The predicted octanol–water partition coefficient (Wildman–Crippen LogP) is 3.40. The molecule has 3 atom stereocenters. The molecule has 2 aromatic heterocycles. The van der Waals surface area contributed by atoms with Crippen LogP contribution >= 0.6 is 0 Å². The summed E-state index contributed by atoms with van der Waals surface area (Å²) in [5.74, 6) is 1.60. The van der Waals surface area contributed by atoms with E-state index in [0.29, 0.717) is 30.2 Å². The molecule has 1 aliphatic carbocycles. The highest BCUT2D eigenvalue weighted by molar-refractivity contribution is 5.65. The van der Waals surface area contributed by atoms with Gasteiger partial charge in [0.05, 0.1) is 32.6 Å². The molecule has 0 spiro atoms. The molecule has 176 valence electrons. The Labute approximate surface area is 193 Å². The number of aliphatic hydroxyl groups excluding tert-OH is 1. The number of benzene rings is 1. The minimum Gasteiger partial charge on any atom is -0.493 e. The molecule has 4 rings (SSSR count). The summed E-state index contributed by atoms with van der Waals surface area (Å²) in [5, 5.41) is 18.5. The van der Waals surface area contributed by atoms with Crippen LogP contribution in [0.1, 0.15) is 37.7 Å². The van der Waals surface area contributed by atoms with Gasteiger partial charge in [0.1, 0.15) is 5.69 Å². The fourth-order valence-electron chi connectivity index (χ4n) is 4.63. The van der Waals surface area contributed by atoms with Gasteiger partial charge in [-0.25, -0.2) is 0 Å². The maximum atomic E-state index is 13.0. The van der Waals surface area contributed by atoms with Crippen LogP contribution in [0.5, 0.6) is 11.5 Å². The van der Waals surface area contributed by atoms with E-state index < -0.39 is 6.10 Å². The summed E-state index contributed by atoms with van der Waals surface area (Å²) in [5.41, 5.74) is 3.41. The summed E-state index contributed by atoms with van der Waals surface area (Å²) >= 11 is 0. The number of hydrogen-bond acceptors (Lipinski definition) is 6. The van der Waals surface area contributed by atoms with Crippen molar-refractivity contribution in [2.24, 2.45) is 7.05 Å². The van der Waals surface area contributed by atoms with Gasteiger partial charge in [0, 0.05) is 37.1 Å². The number of aryl methyl sites for hydroxylation is 2. The number of rotatable bonds is 7. The quantitative estimate of drug-likeness (QED) is 0.571. The lowest BCUT2D eigenvalue weighted by Gasteiger charge is -2.34. The third-order valence-electron chi connectivity index (χ3n) is 6.50. The molecule has 1 saturated carbocycles. The Morgan fingerprint density at radius 1 is 1.12 bits per heavy atom. The number of nitrogens with one attached hydrogen (secondary N) is 1. The number of hydrogen-bond donors (Lipinski definition) is 2. The molecule has 1 fully saturated rings. The number of aliphatic hydroxyl groups is 1. The van der Waals surface area contributed by atoms with Crippen molar-refractivity contribution in [2.45, 2.75) is 50.8 Å². The second-order valence-electron chi connectivity index (χ2n) is 8.58. The Morgan fingerprint density at radius 2 is 1.91 bits per heavy atom. The van der Waals surface area contributed by atoms with Crippen LogP contribution in [0.15, 0.2) is 47.7 Å². The minimum atomic E-state index is -0.576. The van der Waals surface area contributed by atoms with Crippen molar-refractivity contribution >= 4 is 5.69 Å². The zero-order valence-electron chi connectivity index (χ0n) is 19.6. The van der Waals surface area contributed by atoms with Crippen LogP contribution in [0.25, 0.3) is 11.1 Å². The lowest BCUT2D eigenvalue weighted by atomic mass is 9.80. The topological polar surface area (TPSA) is 90.5 Å². The summed E-state index contributed by atoms with van der Waals surface area (Å²) in [6.45, 7) is 2.51. The molecule has 0 saturated heterocycles. The van der Waals surface area contributed by atoms with Gasteiger partial charge in [-0.3, -0.25) is 9.48 Å². The Bertz CT molecular complexity index is 1170. The van der Waals surface area contributed by atoms with E-state index in [2.05, 4.69) is 10.4 Å². The second-order valence-corrected chi connectivity index (χ2v) is 8.58. The molecular formula is C25H32N4O4. The standard InChI is InChI=1S/C25H32N4O4/c1-5-29-15-18(19-13-26-28(2)14-19)10-21(25(29)31)27-20-8-6-16(11-22(20)30)17-7-9-23(32-3)24(12-17)33-4/h7,9-10,12-16,20,22,27,30H,5-6,8,11H2,1-4H3/t16-,20+,22?/m1/s1. The lowest BCUT2D eigenvalue weighted by Crippen LogP contribution is -2.40. The SMILES string of the molecule is CCn1cc(-c2cnn(C)c2)cc(N[C@H]2CC[C@@H](c3ccc(OC)c(OC)c3)CC2O)c1=O. The maximum absolute atomic E-state index is 13.0. The normalized spacial score (nSPS) is 20.5. The van der Waals surface area contributed by atoms with Crippen molar-refractivity contribution in [3.8, 4) is 22.6 Å². The van der Waals surface area contributed by atoms with E-state index in [1.54, 1.807) is 29.7 Å². The number of nitrogens with zero attached hydrogens (tertiary/aromatic N) is 3. The summed E-state index contributed by atoms with van der Waals surface area (Å²) in [7, 11) is 5.11. The molecule has 0 amide bonds. The van der Waals surface area contributed by atoms with Gasteiger partial charge in [-0.15, -0.1) is 0 Å². The zero-order valence-corrected chi connectivity index (χ0v) is 19.6. The predicted molar refractivity (Wildman–Crippen MR) is 128 cm³/mol. The summed E-state index contributed by atoms with van der Waals surface area (Å²) in [4.78, 5) is 13.0. The number of pyridine rings is 1. The van der Waals surface area contributed by atoms with E-state index in [1.165, 1.54) is 0 Å². The highest BCUT2D eigenvalue weighted by atomic mass is 16.5. The Kier molecular flexibility index (Phi) is 6.74. The molecular weight excluding hydrogens is 420 g/mol. The Morgan fingerprint density at radius 3 is 2.55 bits per heavy atom. The fraction of sp³-hybridized carbons (Fsp3) is 0.440. The molecule has 2 N–H and O–H groups in total. The molecule has 1 unspecified atom stereocenters.